The van der Waals surface area contributed by atoms with E-state index in [4.69, 9.17) is 4.74 Å². The Kier molecular flexibility index (Phi) is 5.63. The highest BCUT2D eigenvalue weighted by Crippen LogP contribution is 2.24. The summed E-state index contributed by atoms with van der Waals surface area (Å²) in [5.74, 6) is 1.65. The first kappa shape index (κ1) is 18.4. The molecule has 0 spiro atoms. The molecule has 0 amide bonds. The first-order chi connectivity index (χ1) is 11.1. The van der Waals surface area contributed by atoms with E-state index in [1.54, 1.807) is 0 Å². The second kappa shape index (κ2) is 7.33. The van der Waals surface area contributed by atoms with Crippen LogP contribution in [0.1, 0.15) is 59.9 Å². The van der Waals surface area contributed by atoms with E-state index in [2.05, 4.69) is 51.5 Å². The van der Waals surface area contributed by atoms with E-state index in [0.29, 0.717) is 5.41 Å². The van der Waals surface area contributed by atoms with Gasteiger partial charge in [0, 0.05) is 18.0 Å². The molecule has 0 radical (unpaired) electrons. The first-order valence-corrected chi connectivity index (χ1v) is 8.71. The molecule has 24 heavy (non-hydrogen) atoms. The van der Waals surface area contributed by atoms with Crippen molar-refractivity contribution in [1.29, 1.82) is 0 Å². The van der Waals surface area contributed by atoms with Crippen LogP contribution >= 0.6 is 0 Å². The summed E-state index contributed by atoms with van der Waals surface area (Å²) in [5.41, 5.74) is 2.59. The van der Waals surface area contributed by atoms with Gasteiger partial charge in [-0.25, -0.2) is 9.97 Å². The lowest BCUT2D eigenvalue weighted by Crippen LogP contribution is -2.12. The van der Waals surface area contributed by atoms with Crippen LogP contribution in [0.25, 0.3) is 11.4 Å². The summed E-state index contributed by atoms with van der Waals surface area (Å²) < 4.78 is 5.82. The monoisotopic (exact) mass is 326 g/mol. The third-order valence-corrected chi connectivity index (χ3v) is 3.97. The van der Waals surface area contributed by atoms with E-state index in [9.17, 15) is 0 Å². The predicted octanol–water partition coefficient (Wildman–Crippen LogP) is 5.65. The lowest BCUT2D eigenvalue weighted by Gasteiger charge is -2.18. The second-order valence-corrected chi connectivity index (χ2v) is 8.58. The van der Waals surface area contributed by atoms with Crippen molar-refractivity contribution in [3.05, 3.63) is 42.2 Å². The van der Waals surface area contributed by atoms with Gasteiger partial charge in [0.1, 0.15) is 5.75 Å². The molecule has 0 N–H and O–H groups in total. The van der Waals surface area contributed by atoms with Gasteiger partial charge in [-0.15, -0.1) is 0 Å². The van der Waals surface area contributed by atoms with Crippen molar-refractivity contribution >= 4 is 0 Å². The molecule has 0 unspecified atom stereocenters. The highest BCUT2D eigenvalue weighted by atomic mass is 16.5. The Morgan fingerprint density at radius 1 is 0.875 bits per heavy atom. The maximum absolute atomic E-state index is 5.82. The molecule has 1 aromatic carbocycles. The molecule has 0 fully saturated rings. The average Bonchev–Trinajstić information content (AvgIpc) is 2.51. The van der Waals surface area contributed by atoms with Crippen LogP contribution in [0.3, 0.4) is 0 Å². The maximum Gasteiger partial charge on any atom is 0.159 e. The van der Waals surface area contributed by atoms with Crippen LogP contribution in [-0.2, 0) is 5.41 Å². The number of hydrogen-bond acceptors (Lipinski definition) is 3. The topological polar surface area (TPSA) is 35.0 Å². The van der Waals surface area contributed by atoms with E-state index < -0.39 is 0 Å². The highest BCUT2D eigenvalue weighted by Gasteiger charge is 2.14. The van der Waals surface area contributed by atoms with Gasteiger partial charge in [0.25, 0.3) is 0 Å². The van der Waals surface area contributed by atoms with Gasteiger partial charge in [0.15, 0.2) is 5.82 Å². The minimum absolute atomic E-state index is 0.0727. The van der Waals surface area contributed by atoms with Crippen LogP contribution in [0.4, 0.5) is 0 Å². The Balaban J connectivity index is 1.94. The number of benzene rings is 1. The van der Waals surface area contributed by atoms with Gasteiger partial charge in [-0.05, 0) is 53.5 Å². The average molecular weight is 326 g/mol. The zero-order chi connectivity index (χ0) is 17.8. The molecule has 1 heterocycles. The molecular weight excluding hydrogens is 296 g/mol. The Labute approximate surface area is 146 Å². The van der Waals surface area contributed by atoms with Crippen LogP contribution in [0.5, 0.6) is 5.75 Å². The van der Waals surface area contributed by atoms with E-state index >= 15 is 0 Å². The minimum Gasteiger partial charge on any atom is -0.494 e. The maximum atomic E-state index is 5.82. The molecule has 3 nitrogen and oxygen atoms in total. The summed E-state index contributed by atoms with van der Waals surface area (Å²) in [4.78, 5) is 8.99. The SMILES string of the molecule is CC(C)(C)CCCOc1ccc(-c2ncc(C(C)(C)C)cn2)cc1. The molecule has 3 heteroatoms. The molecular formula is C21H30N2O. The normalized spacial score (nSPS) is 12.2. The summed E-state index contributed by atoms with van der Waals surface area (Å²) in [7, 11) is 0. The van der Waals surface area contributed by atoms with Crippen molar-refractivity contribution in [2.24, 2.45) is 5.41 Å². The van der Waals surface area contributed by atoms with Gasteiger partial charge < -0.3 is 4.74 Å². The Morgan fingerprint density at radius 3 is 1.96 bits per heavy atom. The Bertz CT molecular complexity index is 632. The summed E-state index contributed by atoms with van der Waals surface area (Å²) in [5, 5.41) is 0. The number of rotatable bonds is 5. The smallest absolute Gasteiger partial charge is 0.159 e. The van der Waals surface area contributed by atoms with Gasteiger partial charge >= 0.3 is 0 Å². The number of nitrogens with zero attached hydrogens (tertiary/aromatic N) is 2. The van der Waals surface area contributed by atoms with Gasteiger partial charge in [-0.2, -0.15) is 0 Å². The molecule has 0 aliphatic rings. The second-order valence-electron chi connectivity index (χ2n) is 8.58. The molecule has 1 aromatic heterocycles. The van der Waals surface area contributed by atoms with Crippen molar-refractivity contribution in [3.8, 4) is 17.1 Å². The molecule has 0 aliphatic heterocycles. The minimum atomic E-state index is 0.0727. The van der Waals surface area contributed by atoms with Crippen molar-refractivity contribution < 1.29 is 4.74 Å². The van der Waals surface area contributed by atoms with Crippen LogP contribution < -0.4 is 4.74 Å². The fourth-order valence-electron chi connectivity index (χ4n) is 2.36. The molecule has 2 rings (SSSR count). The predicted molar refractivity (Wildman–Crippen MR) is 100 cm³/mol. The van der Waals surface area contributed by atoms with Crippen molar-refractivity contribution in [2.45, 2.75) is 59.8 Å². The quantitative estimate of drug-likeness (QED) is 0.666. The van der Waals surface area contributed by atoms with Crippen LogP contribution in [0.2, 0.25) is 0 Å². The van der Waals surface area contributed by atoms with Crippen molar-refractivity contribution in [1.82, 2.24) is 9.97 Å². The standard InChI is InChI=1S/C21H30N2O/c1-20(2,3)12-7-13-24-18-10-8-16(9-11-18)19-22-14-17(15-23-19)21(4,5)6/h8-11,14-15H,7,12-13H2,1-6H3. The number of aromatic nitrogens is 2. The van der Waals surface area contributed by atoms with Gasteiger partial charge in [0.2, 0.25) is 0 Å². The lowest BCUT2D eigenvalue weighted by atomic mass is 9.89. The molecule has 0 saturated heterocycles. The fourth-order valence-corrected chi connectivity index (χ4v) is 2.36. The van der Waals surface area contributed by atoms with Crippen molar-refractivity contribution in [2.75, 3.05) is 6.61 Å². The number of hydrogen-bond donors (Lipinski definition) is 0. The molecule has 0 aliphatic carbocycles. The van der Waals surface area contributed by atoms with Crippen LogP contribution in [-0.4, -0.2) is 16.6 Å². The summed E-state index contributed by atoms with van der Waals surface area (Å²) >= 11 is 0. The fraction of sp³-hybridized carbons (Fsp3) is 0.524. The molecule has 0 saturated carbocycles. The zero-order valence-corrected chi connectivity index (χ0v) is 15.9. The van der Waals surface area contributed by atoms with Gasteiger partial charge in [-0.3, -0.25) is 0 Å². The van der Waals surface area contributed by atoms with Gasteiger partial charge in [0.05, 0.1) is 6.61 Å². The largest absolute Gasteiger partial charge is 0.494 e. The van der Waals surface area contributed by atoms with E-state index in [0.717, 1.165) is 35.7 Å². The molecule has 130 valence electrons. The van der Waals surface area contributed by atoms with Gasteiger partial charge in [-0.1, -0.05) is 41.5 Å². The third kappa shape index (κ3) is 5.63. The summed E-state index contributed by atoms with van der Waals surface area (Å²) in [6.07, 6.45) is 6.07. The molecule has 2 aromatic rings. The van der Waals surface area contributed by atoms with Crippen LogP contribution in [0.15, 0.2) is 36.7 Å². The van der Waals surface area contributed by atoms with E-state index in [1.807, 2.05) is 36.7 Å². The van der Waals surface area contributed by atoms with E-state index in [1.165, 1.54) is 6.42 Å². The molecule has 0 bridgehead atoms. The molecule has 0 atom stereocenters. The van der Waals surface area contributed by atoms with Crippen LogP contribution in [0, 0.1) is 5.41 Å². The zero-order valence-electron chi connectivity index (χ0n) is 15.9. The van der Waals surface area contributed by atoms with E-state index in [-0.39, 0.29) is 5.41 Å². The number of ether oxygens (including phenoxy) is 1. The Morgan fingerprint density at radius 2 is 1.46 bits per heavy atom. The summed E-state index contributed by atoms with van der Waals surface area (Å²) in [6, 6.07) is 8.03. The summed E-state index contributed by atoms with van der Waals surface area (Å²) in [6.45, 7) is 14.0. The first-order valence-electron chi connectivity index (χ1n) is 8.71. The lowest BCUT2D eigenvalue weighted by molar-refractivity contribution is 0.269. The third-order valence-electron chi connectivity index (χ3n) is 3.97. The van der Waals surface area contributed by atoms with Crippen molar-refractivity contribution in [3.63, 3.8) is 0 Å². The highest BCUT2D eigenvalue weighted by molar-refractivity contribution is 5.56. The Hall–Kier alpha value is -1.90.